The second-order valence-corrected chi connectivity index (χ2v) is 10.8. The summed E-state index contributed by atoms with van der Waals surface area (Å²) in [6.45, 7) is 8.18. The molecule has 1 aliphatic heterocycles. The first-order valence-electron chi connectivity index (χ1n) is 11.1. The van der Waals surface area contributed by atoms with Gasteiger partial charge < -0.3 is 4.90 Å². The van der Waals surface area contributed by atoms with Crippen LogP contribution in [0.3, 0.4) is 0 Å². The number of amides is 1. The van der Waals surface area contributed by atoms with Crippen LogP contribution in [0.15, 0.2) is 29.4 Å². The van der Waals surface area contributed by atoms with Crippen LogP contribution < -0.4 is 0 Å². The molecule has 2 heterocycles. The van der Waals surface area contributed by atoms with Crippen LogP contribution in [0.2, 0.25) is 5.02 Å². The van der Waals surface area contributed by atoms with Crippen LogP contribution in [0.25, 0.3) is 11.4 Å². The lowest BCUT2D eigenvalue weighted by Gasteiger charge is -2.36. The predicted octanol–water partition coefficient (Wildman–Crippen LogP) is 5.70. The number of halogens is 1. The van der Waals surface area contributed by atoms with Gasteiger partial charge in [0.05, 0.1) is 10.3 Å². The van der Waals surface area contributed by atoms with Crippen molar-refractivity contribution in [1.82, 2.24) is 19.7 Å². The summed E-state index contributed by atoms with van der Waals surface area (Å²) in [5.41, 5.74) is 0.906. The van der Waals surface area contributed by atoms with Gasteiger partial charge in [-0.1, -0.05) is 62.2 Å². The summed E-state index contributed by atoms with van der Waals surface area (Å²) in [6.07, 6.45) is 5.86. The molecule has 0 N–H and O–H groups in total. The molecule has 5 nitrogen and oxygen atoms in total. The molecule has 0 spiro atoms. The van der Waals surface area contributed by atoms with Crippen LogP contribution in [0.5, 0.6) is 0 Å². The summed E-state index contributed by atoms with van der Waals surface area (Å²) < 4.78 is 2.24. The Kier molecular flexibility index (Phi) is 6.73. The number of carbonyl (C=O) groups is 1. The first kappa shape index (κ1) is 21.7. The molecule has 2 aromatic rings. The Hall–Kier alpha value is -1.53. The SMILES string of the molecule is CC1CC(C)CN(C(=O)C(C)Sc2nnc(-c3ccccc3Cl)n2C2CCCC2)C1. The number of nitrogens with zero attached hydrogens (tertiary/aromatic N) is 4. The molecular formula is C23H31ClN4OS. The molecule has 0 radical (unpaired) electrons. The number of rotatable bonds is 5. The smallest absolute Gasteiger partial charge is 0.235 e. The second kappa shape index (κ2) is 9.31. The monoisotopic (exact) mass is 446 g/mol. The molecule has 0 bridgehead atoms. The van der Waals surface area contributed by atoms with Crippen molar-refractivity contribution >= 4 is 29.3 Å². The summed E-state index contributed by atoms with van der Waals surface area (Å²) in [5.74, 6) is 2.14. The molecule has 2 aliphatic rings. The quantitative estimate of drug-likeness (QED) is 0.553. The van der Waals surface area contributed by atoms with Gasteiger partial charge in [0.1, 0.15) is 0 Å². The average Bonchev–Trinajstić information content (AvgIpc) is 3.36. The molecule has 1 aromatic heterocycles. The lowest BCUT2D eigenvalue weighted by atomic mass is 9.92. The maximum atomic E-state index is 13.2. The second-order valence-electron chi connectivity index (χ2n) is 9.04. The number of hydrogen-bond acceptors (Lipinski definition) is 4. The molecule has 4 rings (SSSR count). The van der Waals surface area contributed by atoms with E-state index in [0.29, 0.717) is 22.9 Å². The minimum atomic E-state index is -0.189. The summed E-state index contributed by atoms with van der Waals surface area (Å²) in [7, 11) is 0. The maximum absolute atomic E-state index is 13.2. The Bertz CT molecular complexity index is 885. The number of aromatic nitrogens is 3. The van der Waals surface area contributed by atoms with Crippen LogP contribution in [0, 0.1) is 11.8 Å². The van der Waals surface area contributed by atoms with Crippen molar-refractivity contribution in [2.24, 2.45) is 11.8 Å². The Labute approximate surface area is 188 Å². The van der Waals surface area contributed by atoms with Crippen molar-refractivity contribution in [3.63, 3.8) is 0 Å². The molecule has 30 heavy (non-hydrogen) atoms. The van der Waals surface area contributed by atoms with Gasteiger partial charge in [-0.15, -0.1) is 10.2 Å². The third-order valence-electron chi connectivity index (χ3n) is 6.28. The van der Waals surface area contributed by atoms with E-state index < -0.39 is 0 Å². The third kappa shape index (κ3) is 4.54. The van der Waals surface area contributed by atoms with Crippen LogP contribution >= 0.6 is 23.4 Å². The lowest BCUT2D eigenvalue weighted by Crippen LogP contribution is -2.45. The van der Waals surface area contributed by atoms with Gasteiger partial charge in [-0.25, -0.2) is 0 Å². The molecule has 1 aromatic carbocycles. The van der Waals surface area contributed by atoms with E-state index in [4.69, 9.17) is 11.6 Å². The van der Waals surface area contributed by atoms with Crippen molar-refractivity contribution in [3.05, 3.63) is 29.3 Å². The highest BCUT2D eigenvalue weighted by Gasteiger charge is 2.31. The minimum Gasteiger partial charge on any atom is -0.341 e. The minimum absolute atomic E-state index is 0.189. The number of thioether (sulfide) groups is 1. The van der Waals surface area contributed by atoms with E-state index in [-0.39, 0.29) is 11.2 Å². The van der Waals surface area contributed by atoms with Crippen molar-refractivity contribution in [1.29, 1.82) is 0 Å². The number of carbonyl (C=O) groups excluding carboxylic acids is 1. The Balaban J connectivity index is 1.59. The Morgan fingerprint density at radius 1 is 1.13 bits per heavy atom. The maximum Gasteiger partial charge on any atom is 0.235 e. The molecule has 3 unspecified atom stereocenters. The van der Waals surface area contributed by atoms with Crippen molar-refractivity contribution < 1.29 is 4.79 Å². The zero-order valence-electron chi connectivity index (χ0n) is 18.1. The van der Waals surface area contributed by atoms with Crippen LogP contribution in [-0.4, -0.2) is 43.9 Å². The highest BCUT2D eigenvalue weighted by Crippen LogP contribution is 2.39. The fourth-order valence-electron chi connectivity index (χ4n) is 4.98. The molecular weight excluding hydrogens is 416 g/mol. The topological polar surface area (TPSA) is 51.0 Å². The molecule has 1 amide bonds. The number of likely N-dealkylation sites (tertiary alicyclic amines) is 1. The van der Waals surface area contributed by atoms with Gasteiger partial charge in [0.2, 0.25) is 5.91 Å². The zero-order chi connectivity index (χ0) is 21.3. The molecule has 3 atom stereocenters. The summed E-state index contributed by atoms with van der Waals surface area (Å²) in [4.78, 5) is 15.2. The number of piperidine rings is 1. The van der Waals surface area contributed by atoms with E-state index >= 15 is 0 Å². The predicted molar refractivity (Wildman–Crippen MR) is 123 cm³/mol. The van der Waals surface area contributed by atoms with Gasteiger partial charge in [0, 0.05) is 24.7 Å². The van der Waals surface area contributed by atoms with Crippen LogP contribution in [0.1, 0.15) is 58.9 Å². The molecule has 1 aliphatic carbocycles. The molecule has 7 heteroatoms. The average molecular weight is 447 g/mol. The summed E-state index contributed by atoms with van der Waals surface area (Å²) >= 11 is 8.02. The Morgan fingerprint density at radius 3 is 2.47 bits per heavy atom. The number of hydrogen-bond donors (Lipinski definition) is 0. The van der Waals surface area contributed by atoms with E-state index in [1.165, 1.54) is 31.0 Å². The molecule has 1 saturated carbocycles. The van der Waals surface area contributed by atoms with Crippen molar-refractivity contribution in [2.45, 2.75) is 69.3 Å². The first-order valence-corrected chi connectivity index (χ1v) is 12.3. The van der Waals surface area contributed by atoms with Crippen molar-refractivity contribution in [2.75, 3.05) is 13.1 Å². The van der Waals surface area contributed by atoms with Gasteiger partial charge in [-0.05, 0) is 50.2 Å². The first-order chi connectivity index (χ1) is 14.4. The highest BCUT2D eigenvalue weighted by atomic mass is 35.5. The zero-order valence-corrected chi connectivity index (χ0v) is 19.6. The van der Waals surface area contributed by atoms with Gasteiger partial charge in [-0.3, -0.25) is 9.36 Å². The van der Waals surface area contributed by atoms with Crippen molar-refractivity contribution in [3.8, 4) is 11.4 Å². The summed E-state index contributed by atoms with van der Waals surface area (Å²) in [5, 5.41) is 10.4. The fourth-order valence-corrected chi connectivity index (χ4v) is 6.21. The lowest BCUT2D eigenvalue weighted by molar-refractivity contribution is -0.132. The van der Waals surface area contributed by atoms with Crippen LogP contribution in [0.4, 0.5) is 0 Å². The van der Waals surface area contributed by atoms with E-state index in [9.17, 15) is 4.79 Å². The highest BCUT2D eigenvalue weighted by molar-refractivity contribution is 8.00. The van der Waals surface area contributed by atoms with Gasteiger partial charge in [-0.2, -0.15) is 0 Å². The van der Waals surface area contributed by atoms with E-state index in [1.807, 2.05) is 36.1 Å². The fraction of sp³-hybridized carbons (Fsp3) is 0.609. The third-order valence-corrected chi connectivity index (χ3v) is 7.65. The Morgan fingerprint density at radius 2 is 1.80 bits per heavy atom. The molecule has 1 saturated heterocycles. The van der Waals surface area contributed by atoms with E-state index in [2.05, 4.69) is 28.6 Å². The molecule has 2 fully saturated rings. The van der Waals surface area contributed by atoms with Gasteiger partial charge in [0.25, 0.3) is 0 Å². The normalized spacial score (nSPS) is 23.7. The van der Waals surface area contributed by atoms with Crippen LogP contribution in [-0.2, 0) is 4.79 Å². The standard InChI is InChI=1S/C23H31ClN4OS/c1-15-12-16(2)14-27(13-15)22(29)17(3)30-23-26-25-21(19-10-6-7-11-20(19)24)28(23)18-8-4-5-9-18/h6-7,10-11,15-18H,4-5,8-9,12-14H2,1-3H3. The molecule has 162 valence electrons. The van der Waals surface area contributed by atoms with Gasteiger partial charge in [0.15, 0.2) is 11.0 Å². The van der Waals surface area contributed by atoms with E-state index in [1.54, 1.807) is 0 Å². The largest absolute Gasteiger partial charge is 0.341 e. The van der Waals surface area contributed by atoms with Gasteiger partial charge >= 0.3 is 0 Å². The summed E-state index contributed by atoms with van der Waals surface area (Å²) in [6, 6.07) is 8.16. The van der Waals surface area contributed by atoms with E-state index in [0.717, 1.165) is 42.5 Å². The number of benzene rings is 1.